The molecule has 3 amide bonds. The molecule has 0 fully saturated rings. The molecule has 3 rings (SSSR count). The van der Waals surface area contributed by atoms with Crippen LogP contribution in [0.4, 0.5) is 4.79 Å². The van der Waals surface area contributed by atoms with Crippen LogP contribution in [-0.2, 0) is 23.9 Å². The van der Waals surface area contributed by atoms with Gasteiger partial charge >= 0.3 is 18.0 Å². The molecule has 0 saturated carbocycles. The van der Waals surface area contributed by atoms with Crippen molar-refractivity contribution in [3.05, 3.63) is 59.7 Å². The third kappa shape index (κ3) is 9.24. The van der Waals surface area contributed by atoms with E-state index in [1.165, 1.54) is 5.01 Å². The van der Waals surface area contributed by atoms with Crippen LogP contribution in [0.15, 0.2) is 48.5 Å². The number of benzene rings is 2. The van der Waals surface area contributed by atoms with E-state index in [2.05, 4.69) is 23.4 Å². The molecule has 0 radical (unpaired) electrons. The second-order valence-electron chi connectivity index (χ2n) is 9.66. The molecule has 0 saturated heterocycles. The van der Waals surface area contributed by atoms with E-state index in [9.17, 15) is 24.0 Å². The number of rotatable bonds is 15. The van der Waals surface area contributed by atoms with Crippen LogP contribution in [0.5, 0.6) is 0 Å². The van der Waals surface area contributed by atoms with Crippen molar-refractivity contribution in [1.82, 2.24) is 15.8 Å². The Hall–Kier alpha value is -4.06. The monoisotopic (exact) mass is 585 g/mol. The van der Waals surface area contributed by atoms with Gasteiger partial charge in [-0.05, 0) is 47.3 Å². The number of hydrogen-bond donors (Lipinski definition) is 5. The number of carboxylic acids is 2. The summed E-state index contributed by atoms with van der Waals surface area (Å²) in [5.74, 6) is -3.08. The lowest BCUT2D eigenvalue weighted by molar-refractivity contribution is -0.143. The van der Waals surface area contributed by atoms with Crippen molar-refractivity contribution >= 4 is 42.5 Å². The van der Waals surface area contributed by atoms with Gasteiger partial charge in [-0.2, -0.15) is 12.6 Å². The van der Waals surface area contributed by atoms with E-state index in [1.54, 1.807) is 0 Å². The van der Waals surface area contributed by atoms with Gasteiger partial charge in [-0.3, -0.25) is 19.4 Å². The molecule has 220 valence electrons. The summed E-state index contributed by atoms with van der Waals surface area (Å²) in [6.45, 7) is 0.294. The lowest BCUT2D eigenvalue weighted by atomic mass is 9.98. The van der Waals surface area contributed by atoms with Crippen molar-refractivity contribution in [3.8, 4) is 11.1 Å². The second kappa shape index (κ2) is 15.7. The Kier molecular flexibility index (Phi) is 12.0. The molecule has 1 atom stereocenters. The number of hydrazine groups is 1. The molecule has 2 aromatic rings. The van der Waals surface area contributed by atoms with Crippen molar-refractivity contribution < 1.29 is 38.9 Å². The van der Waals surface area contributed by atoms with Crippen molar-refractivity contribution in [2.24, 2.45) is 0 Å². The summed E-state index contributed by atoms with van der Waals surface area (Å²) in [5, 5.41) is 21.4. The molecular weight excluding hydrogens is 550 g/mol. The molecule has 0 unspecified atom stereocenters. The first-order valence-electron chi connectivity index (χ1n) is 13.5. The summed E-state index contributed by atoms with van der Waals surface area (Å²) in [6, 6.07) is 14.7. The minimum Gasteiger partial charge on any atom is -0.481 e. The van der Waals surface area contributed by atoms with Crippen molar-refractivity contribution in [2.75, 3.05) is 18.9 Å². The summed E-state index contributed by atoms with van der Waals surface area (Å²) in [6.07, 6.45) is 0.234. The molecule has 11 nitrogen and oxygen atoms in total. The Morgan fingerprint density at radius 2 is 1.51 bits per heavy atom. The van der Waals surface area contributed by atoms with Gasteiger partial charge in [-0.1, -0.05) is 55.0 Å². The largest absolute Gasteiger partial charge is 0.481 e. The van der Waals surface area contributed by atoms with Crippen LogP contribution in [0.2, 0.25) is 0 Å². The summed E-state index contributed by atoms with van der Waals surface area (Å²) >= 11 is 4.10. The van der Waals surface area contributed by atoms with Crippen LogP contribution in [0, 0.1) is 0 Å². The van der Waals surface area contributed by atoms with Gasteiger partial charge in [-0.15, -0.1) is 0 Å². The van der Waals surface area contributed by atoms with Gasteiger partial charge in [0.1, 0.15) is 12.6 Å². The maximum Gasteiger partial charge on any atom is 0.426 e. The standard InChI is InChI=1S/C29H35N3O8S/c33-25(30-24(28(37)38)13-14-27(35)36)12-2-1-7-16-32(26(34)15-17-41)31-29(39)40-18-23-21-10-5-3-8-19(21)20-9-4-6-11-22(20)23/h3-6,8-11,23-24,41H,1-2,7,12-18H2,(H,30,33)(H,31,39)(H,35,36)(H,37,38)/t24-/m0/s1. The number of fused-ring (bicyclic) bond motifs is 3. The van der Waals surface area contributed by atoms with Crippen LogP contribution < -0.4 is 10.7 Å². The maximum absolute atomic E-state index is 12.7. The Morgan fingerprint density at radius 1 is 0.878 bits per heavy atom. The second-order valence-corrected chi connectivity index (χ2v) is 10.1. The number of thiol groups is 1. The Morgan fingerprint density at radius 3 is 2.10 bits per heavy atom. The SMILES string of the molecule is O=C(O)CC[C@H](NC(=O)CCCCCN(NC(=O)OCC1c2ccccc2-c2ccccc21)C(=O)CCS)C(=O)O. The van der Waals surface area contributed by atoms with Crippen LogP contribution in [-0.4, -0.2) is 70.0 Å². The topological polar surface area (TPSA) is 162 Å². The quantitative estimate of drug-likeness (QED) is 0.120. The first kappa shape index (κ1) is 31.5. The summed E-state index contributed by atoms with van der Waals surface area (Å²) in [4.78, 5) is 59.3. The van der Waals surface area contributed by atoms with Gasteiger partial charge in [-0.25, -0.2) is 15.0 Å². The van der Waals surface area contributed by atoms with E-state index in [-0.39, 0.29) is 50.7 Å². The molecule has 0 aromatic heterocycles. The van der Waals surface area contributed by atoms with Crippen LogP contribution in [0.25, 0.3) is 11.1 Å². The normalized spacial score (nSPS) is 12.5. The van der Waals surface area contributed by atoms with Crippen LogP contribution >= 0.6 is 12.6 Å². The molecule has 1 aliphatic carbocycles. The van der Waals surface area contributed by atoms with Crippen molar-refractivity contribution in [2.45, 2.75) is 56.9 Å². The zero-order chi connectivity index (χ0) is 29.8. The average molecular weight is 586 g/mol. The van der Waals surface area contributed by atoms with E-state index in [1.807, 2.05) is 48.5 Å². The summed E-state index contributed by atoms with van der Waals surface area (Å²) in [5.41, 5.74) is 6.89. The predicted octanol–water partition coefficient (Wildman–Crippen LogP) is 3.58. The Bertz CT molecular complexity index is 1210. The number of carbonyl (C=O) groups is 5. The van der Waals surface area contributed by atoms with E-state index in [4.69, 9.17) is 14.9 Å². The first-order chi connectivity index (χ1) is 19.7. The van der Waals surface area contributed by atoms with Crippen molar-refractivity contribution in [3.63, 3.8) is 0 Å². The molecule has 0 aliphatic heterocycles. The van der Waals surface area contributed by atoms with Gasteiger partial charge in [0, 0.05) is 31.7 Å². The van der Waals surface area contributed by atoms with Gasteiger partial charge < -0.3 is 20.3 Å². The third-order valence-electron chi connectivity index (χ3n) is 6.76. The van der Waals surface area contributed by atoms with Gasteiger partial charge in [0.2, 0.25) is 11.8 Å². The fourth-order valence-electron chi connectivity index (χ4n) is 4.74. The summed E-state index contributed by atoms with van der Waals surface area (Å²) < 4.78 is 5.55. The smallest absolute Gasteiger partial charge is 0.426 e. The number of hydrogen-bond acceptors (Lipinski definition) is 7. The molecule has 0 spiro atoms. The molecule has 1 aliphatic rings. The fourth-order valence-corrected chi connectivity index (χ4v) is 4.93. The number of nitrogens with zero attached hydrogens (tertiary/aromatic N) is 1. The number of carbonyl (C=O) groups excluding carboxylic acids is 3. The number of amides is 3. The molecule has 2 aromatic carbocycles. The molecule has 4 N–H and O–H groups in total. The van der Waals surface area contributed by atoms with E-state index >= 15 is 0 Å². The Balaban J connectivity index is 1.46. The molecule has 0 heterocycles. The lowest BCUT2D eigenvalue weighted by Crippen LogP contribution is -2.47. The van der Waals surface area contributed by atoms with Gasteiger partial charge in [0.15, 0.2) is 0 Å². The Labute approximate surface area is 243 Å². The highest BCUT2D eigenvalue weighted by molar-refractivity contribution is 7.80. The molecule has 0 bridgehead atoms. The van der Waals surface area contributed by atoms with E-state index in [0.717, 1.165) is 22.3 Å². The fraction of sp³-hybridized carbons (Fsp3) is 0.414. The minimum atomic E-state index is -1.29. The lowest BCUT2D eigenvalue weighted by Gasteiger charge is -2.23. The highest BCUT2D eigenvalue weighted by Crippen LogP contribution is 2.44. The van der Waals surface area contributed by atoms with Crippen LogP contribution in [0.3, 0.4) is 0 Å². The predicted molar refractivity (Wildman–Crippen MR) is 153 cm³/mol. The number of aliphatic carboxylic acids is 2. The number of ether oxygens (including phenoxy) is 1. The highest BCUT2D eigenvalue weighted by Gasteiger charge is 2.29. The zero-order valence-corrected chi connectivity index (χ0v) is 23.5. The van der Waals surface area contributed by atoms with Crippen molar-refractivity contribution in [1.29, 1.82) is 0 Å². The number of carboxylic acid groups (broad SMARTS) is 2. The molecule has 41 heavy (non-hydrogen) atoms. The highest BCUT2D eigenvalue weighted by atomic mass is 32.1. The third-order valence-corrected chi connectivity index (χ3v) is 6.99. The van der Waals surface area contributed by atoms with Crippen LogP contribution in [0.1, 0.15) is 62.0 Å². The van der Waals surface area contributed by atoms with Gasteiger partial charge in [0.25, 0.3) is 0 Å². The maximum atomic E-state index is 12.7. The number of nitrogens with one attached hydrogen (secondary N) is 2. The first-order valence-corrected chi connectivity index (χ1v) is 14.1. The minimum absolute atomic E-state index is 0.0429. The number of unbranched alkanes of at least 4 members (excludes halogenated alkanes) is 2. The average Bonchev–Trinajstić information content (AvgIpc) is 3.26. The van der Waals surface area contributed by atoms with E-state index < -0.39 is 30.0 Å². The summed E-state index contributed by atoms with van der Waals surface area (Å²) in [7, 11) is 0. The molecular formula is C29H35N3O8S. The van der Waals surface area contributed by atoms with E-state index in [0.29, 0.717) is 25.0 Å². The van der Waals surface area contributed by atoms with Gasteiger partial charge in [0.05, 0.1) is 0 Å². The molecule has 12 heteroatoms. The zero-order valence-electron chi connectivity index (χ0n) is 22.6.